The lowest BCUT2D eigenvalue weighted by molar-refractivity contribution is 0.525. The summed E-state index contributed by atoms with van der Waals surface area (Å²) in [6.07, 6.45) is 0.774. The molecule has 0 spiro atoms. The molecule has 0 bridgehead atoms. The summed E-state index contributed by atoms with van der Waals surface area (Å²) in [4.78, 5) is 0. The zero-order chi connectivity index (χ0) is 6.57. The Balaban J connectivity index is 3.05. The Hall–Kier alpha value is 0.110. The molecule has 0 saturated carbocycles. The Morgan fingerprint density at radius 3 is 2.25 bits per heavy atom. The molecule has 3 heteroatoms. The molecule has 0 aromatic carbocycles. The average molecular weight is 135 g/mol. The van der Waals surface area contributed by atoms with Gasteiger partial charge in [-0.05, 0) is 12.3 Å². The fraction of sp³-hybridized carbons (Fsp3) is 1.00. The van der Waals surface area contributed by atoms with E-state index in [2.05, 4.69) is 0 Å². The summed E-state index contributed by atoms with van der Waals surface area (Å²) in [6, 6.07) is 0. The summed E-state index contributed by atoms with van der Waals surface area (Å²) in [6.45, 7) is 4.01. The van der Waals surface area contributed by atoms with Gasteiger partial charge in [0.05, 0.1) is 0 Å². The molecule has 50 valence electrons. The minimum Gasteiger partial charge on any atom is -0.772 e. The summed E-state index contributed by atoms with van der Waals surface area (Å²) in [5.74, 6) is 0.797. The second kappa shape index (κ2) is 4.04. The van der Waals surface area contributed by atoms with E-state index in [4.69, 9.17) is 0 Å². The first kappa shape index (κ1) is 8.11. The monoisotopic (exact) mass is 135 g/mol. The van der Waals surface area contributed by atoms with Crippen molar-refractivity contribution in [1.82, 2.24) is 0 Å². The Morgan fingerprint density at radius 2 is 2.12 bits per heavy atom. The van der Waals surface area contributed by atoms with Crippen molar-refractivity contribution < 1.29 is 8.76 Å². The van der Waals surface area contributed by atoms with Crippen molar-refractivity contribution in [3.05, 3.63) is 0 Å². The van der Waals surface area contributed by atoms with Crippen LogP contribution in [0, 0.1) is 5.92 Å². The molecular weight excluding hydrogens is 124 g/mol. The van der Waals surface area contributed by atoms with Crippen LogP contribution in [0.25, 0.3) is 0 Å². The smallest absolute Gasteiger partial charge is 0.0104 e. The second-order valence-corrected chi connectivity index (χ2v) is 3.21. The maximum atomic E-state index is 9.90. The zero-order valence-corrected chi connectivity index (χ0v) is 6.03. The molecular formula is C5H11O2S-. The molecule has 0 radical (unpaired) electrons. The number of rotatable bonds is 3. The Labute approximate surface area is 52.6 Å². The van der Waals surface area contributed by atoms with Gasteiger partial charge in [0, 0.05) is 5.75 Å². The highest BCUT2D eigenvalue weighted by molar-refractivity contribution is 7.79. The standard InChI is InChI=1S/C5H12O2S/c1-5(2)3-4-8(6)7/h5H,3-4H2,1-2H3,(H,6,7)/p-1. The third kappa shape index (κ3) is 6.11. The van der Waals surface area contributed by atoms with E-state index in [1.165, 1.54) is 0 Å². The van der Waals surface area contributed by atoms with Gasteiger partial charge in [-0.2, -0.15) is 0 Å². The van der Waals surface area contributed by atoms with Gasteiger partial charge in [0.2, 0.25) is 0 Å². The van der Waals surface area contributed by atoms with Crippen molar-refractivity contribution in [1.29, 1.82) is 0 Å². The summed E-state index contributed by atoms with van der Waals surface area (Å²) in [5, 5.41) is 0. The van der Waals surface area contributed by atoms with Crippen molar-refractivity contribution in [2.24, 2.45) is 5.92 Å². The maximum Gasteiger partial charge on any atom is 0.0104 e. The third-order valence-electron chi connectivity index (χ3n) is 0.862. The highest BCUT2D eigenvalue weighted by Crippen LogP contribution is 1.98. The topological polar surface area (TPSA) is 40.1 Å². The van der Waals surface area contributed by atoms with Gasteiger partial charge in [0.1, 0.15) is 0 Å². The summed E-state index contributed by atoms with van der Waals surface area (Å²) in [7, 11) is 0. The molecule has 0 aliphatic rings. The highest BCUT2D eigenvalue weighted by atomic mass is 32.2. The first-order valence-electron chi connectivity index (χ1n) is 2.68. The zero-order valence-electron chi connectivity index (χ0n) is 5.22. The lowest BCUT2D eigenvalue weighted by Crippen LogP contribution is -1.98. The van der Waals surface area contributed by atoms with E-state index in [0.717, 1.165) is 6.42 Å². The molecule has 1 unspecified atom stereocenters. The van der Waals surface area contributed by atoms with E-state index in [0.29, 0.717) is 11.7 Å². The second-order valence-electron chi connectivity index (χ2n) is 2.19. The molecule has 0 aliphatic carbocycles. The fourth-order valence-corrected chi connectivity index (χ4v) is 0.996. The molecule has 0 saturated heterocycles. The molecule has 0 aliphatic heterocycles. The van der Waals surface area contributed by atoms with Crippen LogP contribution < -0.4 is 0 Å². The third-order valence-corrected chi connectivity index (χ3v) is 1.43. The van der Waals surface area contributed by atoms with Gasteiger partial charge in [-0.15, -0.1) is 0 Å². The molecule has 0 aromatic rings. The summed E-state index contributed by atoms with van der Waals surface area (Å²) in [5.41, 5.74) is 0. The quantitative estimate of drug-likeness (QED) is 0.540. The van der Waals surface area contributed by atoms with Crippen LogP contribution in [0.2, 0.25) is 0 Å². The predicted molar refractivity (Wildman–Crippen MR) is 33.2 cm³/mol. The molecule has 0 heterocycles. The normalized spacial score (nSPS) is 14.5. The minimum absolute atomic E-state index is 0.303. The van der Waals surface area contributed by atoms with E-state index in [1.54, 1.807) is 0 Å². The van der Waals surface area contributed by atoms with Gasteiger partial charge in [0.15, 0.2) is 0 Å². The van der Waals surface area contributed by atoms with Crippen molar-refractivity contribution in [2.75, 3.05) is 5.75 Å². The van der Waals surface area contributed by atoms with Crippen LogP contribution in [-0.2, 0) is 11.1 Å². The van der Waals surface area contributed by atoms with Crippen LogP contribution >= 0.6 is 0 Å². The SMILES string of the molecule is CC(C)CCS(=O)[O-]. The van der Waals surface area contributed by atoms with Crippen LogP contribution in [0.5, 0.6) is 0 Å². The molecule has 8 heavy (non-hydrogen) atoms. The van der Waals surface area contributed by atoms with E-state index >= 15 is 0 Å². The molecule has 0 rings (SSSR count). The molecule has 0 N–H and O–H groups in total. The molecule has 0 fully saturated rings. The Morgan fingerprint density at radius 1 is 1.62 bits per heavy atom. The first-order valence-corrected chi connectivity index (χ1v) is 3.93. The van der Waals surface area contributed by atoms with Gasteiger partial charge < -0.3 is 4.55 Å². The largest absolute Gasteiger partial charge is 0.772 e. The predicted octanol–water partition coefficient (Wildman–Crippen LogP) is 0.912. The highest BCUT2D eigenvalue weighted by Gasteiger charge is 1.91. The van der Waals surface area contributed by atoms with Gasteiger partial charge in [-0.25, -0.2) is 0 Å². The van der Waals surface area contributed by atoms with Crippen LogP contribution in [0.4, 0.5) is 0 Å². The van der Waals surface area contributed by atoms with Gasteiger partial charge in [-0.3, -0.25) is 4.21 Å². The molecule has 0 aromatic heterocycles. The van der Waals surface area contributed by atoms with Gasteiger partial charge >= 0.3 is 0 Å². The average Bonchev–Trinajstić information content (AvgIpc) is 1.61. The van der Waals surface area contributed by atoms with Gasteiger partial charge in [-0.1, -0.05) is 24.9 Å². The summed E-state index contributed by atoms with van der Waals surface area (Å²) >= 11 is -1.84. The van der Waals surface area contributed by atoms with E-state index < -0.39 is 11.1 Å². The minimum atomic E-state index is -1.84. The molecule has 0 amide bonds. The van der Waals surface area contributed by atoms with E-state index in [1.807, 2.05) is 13.8 Å². The van der Waals surface area contributed by atoms with Crippen LogP contribution in [0.1, 0.15) is 20.3 Å². The van der Waals surface area contributed by atoms with Crippen molar-refractivity contribution in [2.45, 2.75) is 20.3 Å². The van der Waals surface area contributed by atoms with Gasteiger partial charge in [0.25, 0.3) is 0 Å². The lowest BCUT2D eigenvalue weighted by atomic mass is 10.2. The van der Waals surface area contributed by atoms with Crippen molar-refractivity contribution in [3.63, 3.8) is 0 Å². The van der Waals surface area contributed by atoms with Crippen LogP contribution in [0.15, 0.2) is 0 Å². The Bertz CT molecular complexity index is 80.5. The first-order chi connectivity index (χ1) is 3.63. The molecule has 2 nitrogen and oxygen atoms in total. The fourth-order valence-electron chi connectivity index (χ4n) is 0.332. The molecule has 1 atom stereocenters. The van der Waals surface area contributed by atoms with Crippen molar-refractivity contribution >= 4 is 11.1 Å². The van der Waals surface area contributed by atoms with Crippen LogP contribution in [-0.4, -0.2) is 14.5 Å². The maximum absolute atomic E-state index is 9.90. The van der Waals surface area contributed by atoms with Crippen LogP contribution in [0.3, 0.4) is 0 Å². The number of hydrogen-bond acceptors (Lipinski definition) is 2. The van der Waals surface area contributed by atoms with E-state index in [-0.39, 0.29) is 0 Å². The van der Waals surface area contributed by atoms with E-state index in [9.17, 15) is 8.76 Å². The lowest BCUT2D eigenvalue weighted by Gasteiger charge is -2.05. The number of hydrogen-bond donors (Lipinski definition) is 0. The van der Waals surface area contributed by atoms with Crippen molar-refractivity contribution in [3.8, 4) is 0 Å². The summed E-state index contributed by atoms with van der Waals surface area (Å²) < 4.78 is 19.8. The Kier molecular flexibility index (Phi) is 4.09.